The van der Waals surface area contributed by atoms with Gasteiger partial charge in [-0.15, -0.1) is 0 Å². The van der Waals surface area contributed by atoms with Gasteiger partial charge >= 0.3 is 0 Å². The van der Waals surface area contributed by atoms with E-state index in [1.807, 2.05) is 12.1 Å². The zero-order valence-electron chi connectivity index (χ0n) is 15.0. The lowest BCUT2D eigenvalue weighted by Crippen LogP contribution is -2.45. The molecule has 1 saturated heterocycles. The highest BCUT2D eigenvalue weighted by molar-refractivity contribution is 6.32. The summed E-state index contributed by atoms with van der Waals surface area (Å²) in [5.41, 5.74) is 0. The molecule has 0 radical (unpaired) electrons. The monoisotopic (exact) mass is 408 g/mol. The number of guanidine groups is 1. The zero-order valence-corrected chi connectivity index (χ0v) is 16.5. The van der Waals surface area contributed by atoms with Gasteiger partial charge in [-0.05, 0) is 24.6 Å². The molecule has 2 N–H and O–H groups in total. The first-order valence-electron chi connectivity index (χ1n) is 8.72. The van der Waals surface area contributed by atoms with Crippen molar-refractivity contribution >= 4 is 35.0 Å². The molecule has 0 aromatic carbocycles. The minimum absolute atomic E-state index is 0.271. The molecule has 9 heteroatoms. The van der Waals surface area contributed by atoms with Crippen LogP contribution in [0.2, 0.25) is 10.0 Å². The number of anilines is 1. The second-order valence-corrected chi connectivity index (χ2v) is 6.89. The van der Waals surface area contributed by atoms with Crippen LogP contribution in [0.4, 0.5) is 5.82 Å². The van der Waals surface area contributed by atoms with E-state index in [1.165, 1.54) is 0 Å². The van der Waals surface area contributed by atoms with E-state index in [4.69, 9.17) is 27.9 Å². The first-order valence-corrected chi connectivity index (χ1v) is 9.48. The first kappa shape index (κ1) is 19.5. The maximum Gasteiger partial charge on any atom is 0.213 e. The number of nitrogens with zero attached hydrogens (tertiary/aromatic N) is 4. The van der Waals surface area contributed by atoms with Crippen LogP contribution in [-0.2, 0) is 0 Å². The molecule has 144 valence electrons. The molecule has 2 aromatic rings. The summed E-state index contributed by atoms with van der Waals surface area (Å²) >= 11 is 12.0. The van der Waals surface area contributed by atoms with Crippen molar-refractivity contribution in [1.29, 1.82) is 0 Å². The third-order valence-corrected chi connectivity index (χ3v) is 4.65. The summed E-state index contributed by atoms with van der Waals surface area (Å²) in [4.78, 5) is 14.9. The summed E-state index contributed by atoms with van der Waals surface area (Å²) in [5.74, 6) is 2.11. The van der Waals surface area contributed by atoms with Crippen molar-refractivity contribution in [2.75, 3.05) is 38.2 Å². The van der Waals surface area contributed by atoms with Crippen LogP contribution >= 0.6 is 23.2 Å². The average molecular weight is 409 g/mol. The lowest BCUT2D eigenvalue weighted by atomic mass is 10.3. The predicted octanol–water partition coefficient (Wildman–Crippen LogP) is 2.61. The Kier molecular flexibility index (Phi) is 6.95. The molecule has 1 aliphatic heterocycles. The number of hydrogen-bond donors (Lipinski definition) is 2. The highest BCUT2D eigenvalue weighted by Crippen LogP contribution is 2.25. The van der Waals surface area contributed by atoms with E-state index in [0.29, 0.717) is 29.1 Å². The van der Waals surface area contributed by atoms with Crippen molar-refractivity contribution in [3.8, 4) is 5.88 Å². The van der Waals surface area contributed by atoms with E-state index in [1.54, 1.807) is 31.6 Å². The summed E-state index contributed by atoms with van der Waals surface area (Å²) in [5, 5.41) is 7.93. The minimum atomic E-state index is 0.271. The molecule has 0 saturated carbocycles. The van der Waals surface area contributed by atoms with Crippen molar-refractivity contribution in [2.45, 2.75) is 12.5 Å². The average Bonchev–Trinajstić information content (AvgIpc) is 3.14. The van der Waals surface area contributed by atoms with Crippen LogP contribution < -0.4 is 20.3 Å². The van der Waals surface area contributed by atoms with Crippen LogP contribution in [0.3, 0.4) is 0 Å². The third kappa shape index (κ3) is 5.61. The van der Waals surface area contributed by atoms with E-state index in [0.717, 1.165) is 31.3 Å². The molecule has 2 aromatic heterocycles. The molecule has 0 amide bonds. The molecule has 1 aliphatic rings. The van der Waals surface area contributed by atoms with Gasteiger partial charge in [-0.1, -0.05) is 23.2 Å². The number of nitrogens with one attached hydrogen (secondary N) is 2. The van der Waals surface area contributed by atoms with Crippen molar-refractivity contribution in [1.82, 2.24) is 20.6 Å². The predicted molar refractivity (Wildman–Crippen MR) is 109 cm³/mol. The van der Waals surface area contributed by atoms with Crippen LogP contribution in [0.15, 0.2) is 41.7 Å². The van der Waals surface area contributed by atoms with Crippen LogP contribution in [0.5, 0.6) is 5.88 Å². The minimum Gasteiger partial charge on any atom is -0.476 e. The third-order valence-electron chi connectivity index (χ3n) is 4.14. The number of ether oxygens (including phenoxy) is 1. The van der Waals surface area contributed by atoms with E-state index < -0.39 is 0 Å². The van der Waals surface area contributed by atoms with E-state index >= 15 is 0 Å². The summed E-state index contributed by atoms with van der Waals surface area (Å²) in [6, 6.07) is 7.46. The highest BCUT2D eigenvalue weighted by Gasteiger charge is 2.25. The molecule has 1 fully saturated rings. The first-order chi connectivity index (χ1) is 13.2. The zero-order chi connectivity index (χ0) is 19.1. The highest BCUT2D eigenvalue weighted by atomic mass is 35.5. The summed E-state index contributed by atoms with van der Waals surface area (Å²) in [7, 11) is 1.75. The van der Waals surface area contributed by atoms with Gasteiger partial charge in [0.05, 0.1) is 16.6 Å². The molecule has 1 unspecified atom stereocenters. The molecule has 1 atom stereocenters. The largest absolute Gasteiger partial charge is 0.476 e. The molecule has 27 heavy (non-hydrogen) atoms. The van der Waals surface area contributed by atoms with E-state index in [9.17, 15) is 0 Å². The van der Waals surface area contributed by atoms with Crippen molar-refractivity contribution in [3.05, 3.63) is 46.7 Å². The van der Waals surface area contributed by atoms with Crippen LogP contribution in [-0.4, -0.2) is 55.3 Å². The summed E-state index contributed by atoms with van der Waals surface area (Å²) in [6.45, 7) is 2.79. The van der Waals surface area contributed by atoms with E-state index in [2.05, 4.69) is 30.5 Å². The number of rotatable bonds is 6. The molecule has 7 nitrogen and oxygen atoms in total. The van der Waals surface area contributed by atoms with Crippen molar-refractivity contribution < 1.29 is 4.74 Å². The molecular weight excluding hydrogens is 387 g/mol. The van der Waals surface area contributed by atoms with Crippen LogP contribution in [0.25, 0.3) is 0 Å². The number of halogens is 2. The number of aromatic nitrogens is 2. The molecule has 0 aliphatic carbocycles. The molecule has 0 bridgehead atoms. The van der Waals surface area contributed by atoms with Gasteiger partial charge < -0.3 is 20.3 Å². The van der Waals surface area contributed by atoms with Gasteiger partial charge in [0, 0.05) is 44.6 Å². The van der Waals surface area contributed by atoms with Gasteiger partial charge in [-0.25, -0.2) is 9.97 Å². The summed E-state index contributed by atoms with van der Waals surface area (Å²) < 4.78 is 5.57. The van der Waals surface area contributed by atoms with Crippen molar-refractivity contribution in [2.24, 2.45) is 4.99 Å². The van der Waals surface area contributed by atoms with Gasteiger partial charge in [-0.2, -0.15) is 0 Å². The Bertz CT molecular complexity index is 771. The smallest absolute Gasteiger partial charge is 0.213 e. The van der Waals surface area contributed by atoms with Gasteiger partial charge in [0.1, 0.15) is 12.4 Å². The second kappa shape index (κ2) is 9.62. The SMILES string of the molecule is CN=C(NCCOc1ccc(Cl)cn1)NC1CCN(c2ncccc2Cl)C1. The normalized spacial score (nSPS) is 17.1. The molecule has 3 rings (SSSR count). The lowest BCUT2D eigenvalue weighted by molar-refractivity contribution is 0.309. The maximum atomic E-state index is 6.24. The molecule has 3 heterocycles. The van der Waals surface area contributed by atoms with Crippen LogP contribution in [0, 0.1) is 0 Å². The standard InChI is InChI=1S/C18H22Cl2N6O/c1-21-18(23-8-10-27-16-5-4-13(19)11-24-16)25-14-6-9-26(12-14)17-15(20)3-2-7-22-17/h2-5,7,11,14H,6,8-10,12H2,1H3,(H2,21,23,25). The molecule has 0 spiro atoms. The van der Waals surface area contributed by atoms with E-state index in [-0.39, 0.29) is 6.04 Å². The van der Waals surface area contributed by atoms with Gasteiger partial charge in [0.25, 0.3) is 0 Å². The number of pyridine rings is 2. The Morgan fingerprint density at radius 1 is 1.33 bits per heavy atom. The van der Waals surface area contributed by atoms with Gasteiger partial charge in [-0.3, -0.25) is 4.99 Å². The van der Waals surface area contributed by atoms with Crippen LogP contribution in [0.1, 0.15) is 6.42 Å². The maximum absolute atomic E-state index is 6.24. The summed E-state index contributed by atoms with van der Waals surface area (Å²) in [6.07, 6.45) is 4.31. The Morgan fingerprint density at radius 3 is 2.96 bits per heavy atom. The Hall–Kier alpha value is -2.25. The fourth-order valence-electron chi connectivity index (χ4n) is 2.84. The Morgan fingerprint density at radius 2 is 2.22 bits per heavy atom. The van der Waals surface area contributed by atoms with Gasteiger partial charge in [0.2, 0.25) is 5.88 Å². The number of aliphatic imine (C=N–C) groups is 1. The Labute approximate surface area is 168 Å². The molecular formula is C18H22Cl2N6O. The lowest BCUT2D eigenvalue weighted by Gasteiger charge is -2.20. The second-order valence-electron chi connectivity index (χ2n) is 6.05. The topological polar surface area (TPSA) is 74.7 Å². The fourth-order valence-corrected chi connectivity index (χ4v) is 3.19. The fraction of sp³-hybridized carbons (Fsp3) is 0.389. The van der Waals surface area contributed by atoms with Gasteiger partial charge in [0.15, 0.2) is 5.96 Å². The number of hydrogen-bond acceptors (Lipinski definition) is 5. The van der Waals surface area contributed by atoms with Crippen molar-refractivity contribution in [3.63, 3.8) is 0 Å². The quantitative estimate of drug-likeness (QED) is 0.434. The Balaban J connectivity index is 1.41.